The lowest BCUT2D eigenvalue weighted by Gasteiger charge is -2.18. The SMILES string of the molecule is Cc1cc(CNC(=O)N[C@H](CCO)c2ccccc2)c(C)o1. The van der Waals surface area contributed by atoms with Crippen molar-refractivity contribution in [2.45, 2.75) is 32.9 Å². The Morgan fingerprint density at radius 1 is 1.27 bits per heavy atom. The van der Waals surface area contributed by atoms with E-state index in [2.05, 4.69) is 10.6 Å². The number of amides is 2. The zero-order valence-corrected chi connectivity index (χ0v) is 12.9. The zero-order valence-electron chi connectivity index (χ0n) is 12.9. The van der Waals surface area contributed by atoms with Gasteiger partial charge in [0.2, 0.25) is 0 Å². The number of aryl methyl sites for hydroxylation is 2. The van der Waals surface area contributed by atoms with Crippen molar-refractivity contribution in [1.82, 2.24) is 10.6 Å². The molecule has 2 rings (SSSR count). The Balaban J connectivity index is 1.92. The highest BCUT2D eigenvalue weighted by Crippen LogP contribution is 2.16. The number of nitrogens with one attached hydrogen (secondary N) is 2. The van der Waals surface area contributed by atoms with Gasteiger partial charge in [-0.25, -0.2) is 4.79 Å². The van der Waals surface area contributed by atoms with Gasteiger partial charge in [-0.2, -0.15) is 0 Å². The Morgan fingerprint density at radius 3 is 2.59 bits per heavy atom. The fourth-order valence-corrected chi connectivity index (χ4v) is 2.38. The number of hydrogen-bond acceptors (Lipinski definition) is 3. The molecule has 118 valence electrons. The van der Waals surface area contributed by atoms with Crippen LogP contribution in [-0.2, 0) is 6.54 Å². The van der Waals surface area contributed by atoms with Crippen LogP contribution in [0.4, 0.5) is 4.79 Å². The smallest absolute Gasteiger partial charge is 0.315 e. The molecular weight excluding hydrogens is 280 g/mol. The highest BCUT2D eigenvalue weighted by molar-refractivity contribution is 5.74. The quantitative estimate of drug-likeness (QED) is 0.768. The Hall–Kier alpha value is -2.27. The second-order valence-corrected chi connectivity index (χ2v) is 5.24. The largest absolute Gasteiger partial charge is 0.466 e. The summed E-state index contributed by atoms with van der Waals surface area (Å²) >= 11 is 0. The van der Waals surface area contributed by atoms with Crippen molar-refractivity contribution in [1.29, 1.82) is 0 Å². The predicted octanol–water partition coefficient (Wildman–Crippen LogP) is 2.82. The highest BCUT2D eigenvalue weighted by atomic mass is 16.3. The lowest BCUT2D eigenvalue weighted by atomic mass is 10.0. The van der Waals surface area contributed by atoms with Crippen molar-refractivity contribution >= 4 is 6.03 Å². The molecule has 1 aromatic heterocycles. The second-order valence-electron chi connectivity index (χ2n) is 5.24. The van der Waals surface area contributed by atoms with E-state index in [0.29, 0.717) is 13.0 Å². The summed E-state index contributed by atoms with van der Waals surface area (Å²) in [4.78, 5) is 12.1. The molecule has 0 saturated carbocycles. The number of furan rings is 1. The lowest BCUT2D eigenvalue weighted by Crippen LogP contribution is -2.38. The second kappa shape index (κ2) is 7.66. The summed E-state index contributed by atoms with van der Waals surface area (Å²) < 4.78 is 5.43. The van der Waals surface area contributed by atoms with Crippen LogP contribution in [0.5, 0.6) is 0 Å². The maximum atomic E-state index is 12.1. The molecule has 0 aliphatic rings. The van der Waals surface area contributed by atoms with Crippen molar-refractivity contribution in [2.24, 2.45) is 0 Å². The molecule has 0 radical (unpaired) electrons. The van der Waals surface area contributed by atoms with E-state index in [9.17, 15) is 9.90 Å². The van der Waals surface area contributed by atoms with E-state index in [-0.39, 0.29) is 18.7 Å². The Kier molecular flexibility index (Phi) is 5.61. The number of aliphatic hydroxyl groups is 1. The Morgan fingerprint density at radius 2 is 2.00 bits per heavy atom. The molecule has 2 aromatic rings. The zero-order chi connectivity index (χ0) is 15.9. The first-order valence-electron chi connectivity index (χ1n) is 7.36. The molecule has 0 bridgehead atoms. The average molecular weight is 302 g/mol. The van der Waals surface area contributed by atoms with Crippen LogP contribution in [0.25, 0.3) is 0 Å². The van der Waals surface area contributed by atoms with E-state index in [1.807, 2.05) is 50.2 Å². The van der Waals surface area contributed by atoms with Crippen LogP contribution in [0, 0.1) is 13.8 Å². The van der Waals surface area contributed by atoms with E-state index < -0.39 is 0 Å². The van der Waals surface area contributed by atoms with Gasteiger partial charge in [0, 0.05) is 18.7 Å². The van der Waals surface area contributed by atoms with Gasteiger partial charge in [-0.1, -0.05) is 30.3 Å². The topological polar surface area (TPSA) is 74.5 Å². The molecule has 0 spiro atoms. The van der Waals surface area contributed by atoms with Crippen LogP contribution >= 0.6 is 0 Å². The summed E-state index contributed by atoms with van der Waals surface area (Å²) in [5, 5.41) is 14.9. The predicted molar refractivity (Wildman–Crippen MR) is 84.4 cm³/mol. The molecule has 1 aromatic carbocycles. The number of aliphatic hydroxyl groups excluding tert-OH is 1. The van der Waals surface area contributed by atoms with Crippen LogP contribution in [0.1, 0.15) is 35.1 Å². The van der Waals surface area contributed by atoms with Gasteiger partial charge in [0.15, 0.2) is 0 Å². The number of urea groups is 1. The van der Waals surface area contributed by atoms with Crippen molar-refractivity contribution in [3.8, 4) is 0 Å². The van der Waals surface area contributed by atoms with Crippen LogP contribution < -0.4 is 10.6 Å². The van der Waals surface area contributed by atoms with Crippen molar-refractivity contribution in [3.63, 3.8) is 0 Å². The maximum absolute atomic E-state index is 12.1. The molecule has 0 fully saturated rings. The Labute approximate surface area is 130 Å². The minimum atomic E-state index is -0.263. The minimum Gasteiger partial charge on any atom is -0.466 e. The Bertz CT molecular complexity index is 608. The number of carbonyl (C=O) groups excluding carboxylic acids is 1. The summed E-state index contributed by atoms with van der Waals surface area (Å²) in [7, 11) is 0. The van der Waals surface area contributed by atoms with E-state index in [4.69, 9.17) is 4.42 Å². The molecule has 5 nitrogen and oxygen atoms in total. The van der Waals surface area contributed by atoms with Crippen LogP contribution in [0.3, 0.4) is 0 Å². The van der Waals surface area contributed by atoms with Crippen LogP contribution in [0.2, 0.25) is 0 Å². The molecule has 3 N–H and O–H groups in total. The number of benzene rings is 1. The van der Waals surface area contributed by atoms with Gasteiger partial charge in [-0.15, -0.1) is 0 Å². The molecule has 0 aliphatic heterocycles. The van der Waals surface area contributed by atoms with Gasteiger partial charge in [-0.3, -0.25) is 0 Å². The van der Waals surface area contributed by atoms with Gasteiger partial charge in [0.25, 0.3) is 0 Å². The van der Waals surface area contributed by atoms with Crippen LogP contribution in [0.15, 0.2) is 40.8 Å². The summed E-state index contributed by atoms with van der Waals surface area (Å²) in [5.41, 5.74) is 1.94. The van der Waals surface area contributed by atoms with Gasteiger partial charge in [0.1, 0.15) is 11.5 Å². The molecule has 1 atom stereocenters. The summed E-state index contributed by atoms with van der Waals surface area (Å²) in [6, 6.07) is 11.1. The van der Waals surface area contributed by atoms with Gasteiger partial charge >= 0.3 is 6.03 Å². The fourth-order valence-electron chi connectivity index (χ4n) is 2.38. The molecule has 1 heterocycles. The van der Waals surface area contributed by atoms with E-state index >= 15 is 0 Å². The maximum Gasteiger partial charge on any atom is 0.315 e. The molecule has 22 heavy (non-hydrogen) atoms. The first-order chi connectivity index (χ1) is 10.6. The van der Waals surface area contributed by atoms with Crippen molar-refractivity contribution < 1.29 is 14.3 Å². The molecule has 0 aliphatic carbocycles. The van der Waals surface area contributed by atoms with Gasteiger partial charge in [0.05, 0.1) is 6.04 Å². The number of carbonyl (C=O) groups is 1. The van der Waals surface area contributed by atoms with Gasteiger partial charge < -0.3 is 20.2 Å². The van der Waals surface area contributed by atoms with E-state index in [0.717, 1.165) is 22.6 Å². The number of hydrogen-bond donors (Lipinski definition) is 3. The normalized spacial score (nSPS) is 12.0. The third kappa shape index (κ3) is 4.36. The van der Waals surface area contributed by atoms with E-state index in [1.54, 1.807) is 0 Å². The fraction of sp³-hybridized carbons (Fsp3) is 0.353. The molecule has 0 saturated heterocycles. The van der Waals surface area contributed by atoms with E-state index in [1.165, 1.54) is 0 Å². The van der Waals surface area contributed by atoms with Crippen molar-refractivity contribution in [3.05, 3.63) is 59.0 Å². The highest BCUT2D eigenvalue weighted by Gasteiger charge is 2.14. The molecular formula is C17H22N2O3. The summed E-state index contributed by atoms with van der Waals surface area (Å²) in [6.45, 7) is 4.18. The first kappa shape index (κ1) is 16.1. The molecule has 5 heteroatoms. The average Bonchev–Trinajstić information content (AvgIpc) is 2.83. The lowest BCUT2D eigenvalue weighted by molar-refractivity contribution is 0.229. The summed E-state index contributed by atoms with van der Waals surface area (Å²) in [5.74, 6) is 1.64. The minimum absolute atomic E-state index is 0.0138. The van der Waals surface area contributed by atoms with Gasteiger partial charge in [-0.05, 0) is 31.9 Å². The number of rotatable bonds is 6. The molecule has 0 unspecified atom stereocenters. The molecule has 2 amide bonds. The van der Waals surface area contributed by atoms with Crippen molar-refractivity contribution in [2.75, 3.05) is 6.61 Å². The standard InChI is InChI=1S/C17H22N2O3/c1-12-10-15(13(2)22-12)11-18-17(21)19-16(8-9-20)14-6-4-3-5-7-14/h3-7,10,16,20H,8-9,11H2,1-2H3,(H2,18,19,21)/t16-/m1/s1. The monoisotopic (exact) mass is 302 g/mol. The third-order valence-electron chi connectivity index (χ3n) is 3.51. The first-order valence-corrected chi connectivity index (χ1v) is 7.36. The summed E-state index contributed by atoms with van der Waals surface area (Å²) in [6.07, 6.45) is 0.473. The van der Waals surface area contributed by atoms with Crippen LogP contribution in [-0.4, -0.2) is 17.7 Å². The third-order valence-corrected chi connectivity index (χ3v) is 3.51.